The second-order valence-electron chi connectivity index (χ2n) is 5.28. The summed E-state index contributed by atoms with van der Waals surface area (Å²) >= 11 is 0. The molecule has 0 saturated heterocycles. The lowest BCUT2D eigenvalue weighted by Gasteiger charge is -2.21. The third kappa shape index (κ3) is 3.75. The molecule has 4 heteroatoms. The van der Waals surface area contributed by atoms with Gasteiger partial charge in [-0.05, 0) is 50.1 Å². The number of benzene rings is 1. The Balaban J connectivity index is 2.01. The van der Waals surface area contributed by atoms with Crippen molar-refractivity contribution >= 4 is 5.91 Å². The van der Waals surface area contributed by atoms with Crippen LogP contribution in [0.15, 0.2) is 59.8 Å². The predicted octanol–water partition coefficient (Wildman–Crippen LogP) is 3.05. The number of amides is 1. The molecule has 0 spiro atoms. The maximum absolute atomic E-state index is 12.0. The predicted molar refractivity (Wildman–Crippen MR) is 83.5 cm³/mol. The van der Waals surface area contributed by atoms with Gasteiger partial charge >= 0.3 is 0 Å². The van der Waals surface area contributed by atoms with Crippen LogP contribution in [0.3, 0.4) is 0 Å². The fourth-order valence-electron chi connectivity index (χ4n) is 2.11. The molecule has 1 atom stereocenters. The Bertz CT molecular complexity index is 612. The van der Waals surface area contributed by atoms with Crippen molar-refractivity contribution in [3.63, 3.8) is 0 Å². The fraction of sp³-hybridized carbons (Fsp3) is 0.235. The molecule has 0 radical (unpaired) electrons. The molecule has 0 heterocycles. The van der Waals surface area contributed by atoms with Gasteiger partial charge in [0.25, 0.3) is 5.91 Å². The second kappa shape index (κ2) is 6.31. The van der Waals surface area contributed by atoms with Crippen LogP contribution in [0.4, 0.5) is 0 Å². The SMILES string of the molecule is C=C(C)C1C=C(NNC(=O)c2ccc(O)cc2)C(C)=CC1. The van der Waals surface area contributed by atoms with Crippen molar-refractivity contribution in [2.24, 2.45) is 5.92 Å². The molecule has 0 aliphatic heterocycles. The van der Waals surface area contributed by atoms with Gasteiger partial charge in [-0.15, -0.1) is 0 Å². The minimum atomic E-state index is -0.249. The summed E-state index contributed by atoms with van der Waals surface area (Å²) in [6.45, 7) is 7.98. The summed E-state index contributed by atoms with van der Waals surface area (Å²) in [6, 6.07) is 6.11. The van der Waals surface area contributed by atoms with Crippen molar-refractivity contribution in [3.05, 3.63) is 65.4 Å². The third-order valence-corrected chi connectivity index (χ3v) is 3.54. The lowest BCUT2D eigenvalue weighted by atomic mass is 9.90. The fourth-order valence-corrected chi connectivity index (χ4v) is 2.11. The molecule has 4 nitrogen and oxygen atoms in total. The first-order valence-electron chi connectivity index (χ1n) is 6.87. The molecule has 0 saturated carbocycles. The van der Waals surface area contributed by atoms with Crippen LogP contribution in [-0.4, -0.2) is 11.0 Å². The molecular formula is C17H20N2O2. The van der Waals surface area contributed by atoms with E-state index in [0.29, 0.717) is 11.5 Å². The van der Waals surface area contributed by atoms with Crippen molar-refractivity contribution < 1.29 is 9.90 Å². The van der Waals surface area contributed by atoms with Crippen molar-refractivity contribution in [2.75, 3.05) is 0 Å². The van der Waals surface area contributed by atoms with E-state index in [0.717, 1.165) is 23.3 Å². The number of nitrogens with one attached hydrogen (secondary N) is 2. The van der Waals surface area contributed by atoms with Gasteiger partial charge in [0, 0.05) is 11.5 Å². The Kier molecular flexibility index (Phi) is 4.48. The van der Waals surface area contributed by atoms with E-state index in [1.54, 1.807) is 12.1 Å². The molecule has 0 aromatic heterocycles. The lowest BCUT2D eigenvalue weighted by molar-refractivity contribution is 0.0939. The van der Waals surface area contributed by atoms with E-state index in [4.69, 9.17) is 0 Å². The summed E-state index contributed by atoms with van der Waals surface area (Å²) in [7, 11) is 0. The standard InChI is InChI=1S/C17H20N2O2/c1-11(2)14-5-4-12(3)16(10-14)18-19-17(21)13-6-8-15(20)9-7-13/h4,6-10,14,18,20H,1,5H2,2-3H3,(H,19,21). The molecule has 1 aromatic rings. The van der Waals surface area contributed by atoms with Gasteiger partial charge in [0.1, 0.15) is 5.75 Å². The summed E-state index contributed by atoms with van der Waals surface area (Å²) < 4.78 is 0. The molecule has 110 valence electrons. The molecule has 0 fully saturated rings. The Hall–Kier alpha value is -2.49. The zero-order valence-electron chi connectivity index (χ0n) is 12.3. The number of carbonyl (C=O) groups excluding carboxylic acids is 1. The summed E-state index contributed by atoms with van der Waals surface area (Å²) in [4.78, 5) is 12.0. The van der Waals surface area contributed by atoms with E-state index in [1.807, 2.05) is 13.8 Å². The van der Waals surface area contributed by atoms with Crippen molar-refractivity contribution in [1.82, 2.24) is 10.9 Å². The van der Waals surface area contributed by atoms with E-state index in [-0.39, 0.29) is 11.7 Å². The van der Waals surface area contributed by atoms with Crippen LogP contribution in [0.5, 0.6) is 5.75 Å². The van der Waals surface area contributed by atoms with Crippen molar-refractivity contribution in [1.29, 1.82) is 0 Å². The van der Waals surface area contributed by atoms with Crippen LogP contribution in [0, 0.1) is 5.92 Å². The first-order valence-corrected chi connectivity index (χ1v) is 6.87. The lowest BCUT2D eigenvalue weighted by Crippen LogP contribution is -2.37. The number of allylic oxidation sites excluding steroid dienone is 4. The highest BCUT2D eigenvalue weighted by Crippen LogP contribution is 2.25. The van der Waals surface area contributed by atoms with Gasteiger partial charge in [0.05, 0.1) is 5.70 Å². The quantitative estimate of drug-likeness (QED) is 0.588. The summed E-state index contributed by atoms with van der Waals surface area (Å²) in [6.07, 6.45) is 5.15. The second-order valence-corrected chi connectivity index (χ2v) is 5.28. The van der Waals surface area contributed by atoms with Gasteiger partial charge in [-0.2, -0.15) is 0 Å². The number of hydrogen-bond acceptors (Lipinski definition) is 3. The third-order valence-electron chi connectivity index (χ3n) is 3.54. The average Bonchev–Trinajstić information content (AvgIpc) is 2.46. The van der Waals surface area contributed by atoms with Crippen LogP contribution in [0.2, 0.25) is 0 Å². The Morgan fingerprint density at radius 3 is 2.62 bits per heavy atom. The molecule has 1 amide bonds. The number of hydrogen-bond donors (Lipinski definition) is 3. The van der Waals surface area contributed by atoms with Crippen LogP contribution in [0.25, 0.3) is 0 Å². The topological polar surface area (TPSA) is 61.4 Å². The van der Waals surface area contributed by atoms with Crippen LogP contribution in [0.1, 0.15) is 30.6 Å². The highest BCUT2D eigenvalue weighted by Gasteiger charge is 2.14. The number of carbonyl (C=O) groups is 1. The zero-order chi connectivity index (χ0) is 15.4. The highest BCUT2D eigenvalue weighted by atomic mass is 16.3. The van der Waals surface area contributed by atoms with E-state index >= 15 is 0 Å². The molecule has 1 aromatic carbocycles. The smallest absolute Gasteiger partial charge is 0.269 e. The maximum Gasteiger partial charge on any atom is 0.269 e. The van der Waals surface area contributed by atoms with Gasteiger partial charge in [0.15, 0.2) is 0 Å². The van der Waals surface area contributed by atoms with Gasteiger partial charge in [-0.1, -0.05) is 24.3 Å². The molecular weight excluding hydrogens is 264 g/mol. The van der Waals surface area contributed by atoms with E-state index in [2.05, 4.69) is 29.6 Å². The normalized spacial score (nSPS) is 17.5. The summed E-state index contributed by atoms with van der Waals surface area (Å²) in [5.41, 5.74) is 9.19. The Morgan fingerprint density at radius 2 is 2.00 bits per heavy atom. The summed E-state index contributed by atoms with van der Waals surface area (Å²) in [5, 5.41) is 9.22. The van der Waals surface area contributed by atoms with Gasteiger partial charge < -0.3 is 5.11 Å². The Labute approximate surface area is 124 Å². The first-order chi connectivity index (χ1) is 9.97. The number of rotatable bonds is 4. The number of phenolic OH excluding ortho intramolecular Hbond substituents is 1. The van der Waals surface area contributed by atoms with Crippen molar-refractivity contribution in [3.8, 4) is 5.75 Å². The van der Waals surface area contributed by atoms with Gasteiger partial charge in [-0.3, -0.25) is 15.6 Å². The summed E-state index contributed by atoms with van der Waals surface area (Å²) in [5.74, 6) is 0.181. The average molecular weight is 284 g/mol. The molecule has 0 bridgehead atoms. The molecule has 3 N–H and O–H groups in total. The van der Waals surface area contributed by atoms with E-state index in [1.165, 1.54) is 12.1 Å². The minimum absolute atomic E-state index is 0.137. The Morgan fingerprint density at radius 1 is 1.33 bits per heavy atom. The molecule has 1 aliphatic carbocycles. The molecule has 21 heavy (non-hydrogen) atoms. The largest absolute Gasteiger partial charge is 0.508 e. The zero-order valence-corrected chi connectivity index (χ0v) is 12.3. The molecule has 1 unspecified atom stereocenters. The van der Waals surface area contributed by atoms with Crippen LogP contribution < -0.4 is 10.9 Å². The first kappa shape index (κ1) is 14.9. The van der Waals surface area contributed by atoms with Crippen LogP contribution in [-0.2, 0) is 0 Å². The van der Waals surface area contributed by atoms with Gasteiger partial charge in [0.2, 0.25) is 0 Å². The number of hydrazine groups is 1. The van der Waals surface area contributed by atoms with Gasteiger partial charge in [-0.25, -0.2) is 0 Å². The molecule has 1 aliphatic rings. The van der Waals surface area contributed by atoms with Crippen molar-refractivity contribution in [2.45, 2.75) is 20.3 Å². The van der Waals surface area contributed by atoms with E-state index in [9.17, 15) is 9.90 Å². The monoisotopic (exact) mass is 284 g/mol. The minimum Gasteiger partial charge on any atom is -0.508 e. The highest BCUT2D eigenvalue weighted by molar-refractivity contribution is 5.94. The number of phenols is 1. The maximum atomic E-state index is 12.0. The molecule has 2 rings (SSSR count). The van der Waals surface area contributed by atoms with E-state index < -0.39 is 0 Å². The van der Waals surface area contributed by atoms with Crippen LogP contribution >= 0.6 is 0 Å². The number of aromatic hydroxyl groups is 1.